The van der Waals surface area contributed by atoms with Gasteiger partial charge in [-0.2, -0.15) is 0 Å². The van der Waals surface area contributed by atoms with Gasteiger partial charge in [-0.1, -0.05) is 6.07 Å². The average molecular weight is 230 g/mol. The standard InChI is InChI=1S/C8H4ClNOS2/c9-7(11)5-4-13-8(10-5)6-2-1-3-12-6/h1-4H. The number of carbonyl (C=O) groups excluding carboxylic acids is 1. The molecule has 0 aromatic carbocycles. The van der Waals surface area contributed by atoms with Crippen LogP contribution in [0.2, 0.25) is 0 Å². The van der Waals surface area contributed by atoms with Crippen molar-refractivity contribution in [3.63, 3.8) is 0 Å². The second-order valence-corrected chi connectivity index (χ2v) is 4.44. The zero-order chi connectivity index (χ0) is 9.26. The van der Waals surface area contributed by atoms with Gasteiger partial charge in [0.05, 0.1) is 4.88 Å². The van der Waals surface area contributed by atoms with Gasteiger partial charge < -0.3 is 0 Å². The summed E-state index contributed by atoms with van der Waals surface area (Å²) in [5, 5.41) is 3.99. The van der Waals surface area contributed by atoms with Crippen molar-refractivity contribution in [3.05, 3.63) is 28.6 Å². The number of thiophene rings is 1. The fourth-order valence-corrected chi connectivity index (χ4v) is 2.65. The SMILES string of the molecule is O=C(Cl)c1csc(-c2cccs2)n1. The fraction of sp³-hybridized carbons (Fsp3) is 0. The van der Waals surface area contributed by atoms with Crippen LogP contribution in [0.4, 0.5) is 0 Å². The first-order valence-corrected chi connectivity index (χ1v) is 5.60. The highest BCUT2D eigenvalue weighted by Crippen LogP contribution is 2.27. The molecule has 0 aliphatic rings. The van der Waals surface area contributed by atoms with Crippen LogP contribution in [-0.4, -0.2) is 10.2 Å². The molecule has 0 atom stereocenters. The first-order valence-electron chi connectivity index (χ1n) is 3.46. The van der Waals surface area contributed by atoms with Crippen LogP contribution in [0.1, 0.15) is 10.5 Å². The first-order chi connectivity index (χ1) is 6.27. The number of halogens is 1. The molecule has 66 valence electrons. The van der Waals surface area contributed by atoms with Crippen LogP contribution in [0.25, 0.3) is 9.88 Å². The van der Waals surface area contributed by atoms with Crippen LogP contribution in [-0.2, 0) is 0 Å². The number of rotatable bonds is 2. The maximum Gasteiger partial charge on any atom is 0.271 e. The Morgan fingerprint density at radius 1 is 1.46 bits per heavy atom. The Morgan fingerprint density at radius 2 is 2.31 bits per heavy atom. The van der Waals surface area contributed by atoms with E-state index < -0.39 is 5.24 Å². The Morgan fingerprint density at radius 3 is 2.85 bits per heavy atom. The molecule has 0 bridgehead atoms. The van der Waals surface area contributed by atoms with E-state index in [0.717, 1.165) is 9.88 Å². The normalized spacial score (nSPS) is 10.2. The van der Waals surface area contributed by atoms with Crippen molar-refractivity contribution >= 4 is 39.5 Å². The minimum absolute atomic E-state index is 0.329. The summed E-state index contributed by atoms with van der Waals surface area (Å²) in [5.41, 5.74) is 0.329. The molecule has 0 aliphatic heterocycles. The second kappa shape index (κ2) is 3.57. The van der Waals surface area contributed by atoms with Crippen molar-refractivity contribution in [2.75, 3.05) is 0 Å². The van der Waals surface area contributed by atoms with Crippen LogP contribution < -0.4 is 0 Å². The molecule has 0 saturated carbocycles. The van der Waals surface area contributed by atoms with Gasteiger partial charge in [0.2, 0.25) is 0 Å². The summed E-state index contributed by atoms with van der Waals surface area (Å²) < 4.78 is 0. The molecule has 2 heterocycles. The monoisotopic (exact) mass is 229 g/mol. The van der Waals surface area contributed by atoms with E-state index >= 15 is 0 Å². The van der Waals surface area contributed by atoms with E-state index in [4.69, 9.17) is 11.6 Å². The molecule has 13 heavy (non-hydrogen) atoms. The van der Waals surface area contributed by atoms with Crippen LogP contribution in [0.5, 0.6) is 0 Å². The third-order valence-electron chi connectivity index (χ3n) is 1.44. The highest BCUT2D eigenvalue weighted by atomic mass is 35.5. The van der Waals surface area contributed by atoms with Gasteiger partial charge in [0, 0.05) is 5.38 Å². The number of hydrogen-bond donors (Lipinski definition) is 0. The summed E-state index contributed by atoms with van der Waals surface area (Å²) in [4.78, 5) is 15.9. The molecule has 0 saturated heterocycles. The second-order valence-electron chi connectivity index (χ2n) is 2.29. The van der Waals surface area contributed by atoms with Crippen LogP contribution in [0.3, 0.4) is 0 Å². The van der Waals surface area contributed by atoms with Crippen LogP contribution >= 0.6 is 34.3 Å². The van der Waals surface area contributed by atoms with Gasteiger partial charge >= 0.3 is 0 Å². The molecule has 0 radical (unpaired) electrons. The van der Waals surface area contributed by atoms with Crippen molar-refractivity contribution in [2.45, 2.75) is 0 Å². The molecular weight excluding hydrogens is 226 g/mol. The third kappa shape index (κ3) is 1.80. The summed E-state index contributed by atoms with van der Waals surface area (Å²) in [6.07, 6.45) is 0. The molecule has 2 nitrogen and oxygen atoms in total. The largest absolute Gasteiger partial charge is 0.274 e. The number of nitrogens with zero attached hydrogens (tertiary/aromatic N) is 1. The maximum atomic E-state index is 10.7. The average Bonchev–Trinajstić information content (AvgIpc) is 2.75. The predicted octanol–water partition coefficient (Wildman–Crippen LogP) is 3.25. The Kier molecular flexibility index (Phi) is 2.44. The molecule has 0 N–H and O–H groups in total. The van der Waals surface area contributed by atoms with Crippen molar-refractivity contribution < 1.29 is 4.79 Å². The van der Waals surface area contributed by atoms with Gasteiger partial charge in [-0.3, -0.25) is 4.79 Å². The van der Waals surface area contributed by atoms with Crippen LogP contribution in [0, 0.1) is 0 Å². The van der Waals surface area contributed by atoms with E-state index in [1.807, 2.05) is 17.5 Å². The first kappa shape index (κ1) is 8.87. The molecule has 2 aromatic rings. The quantitative estimate of drug-likeness (QED) is 0.740. The van der Waals surface area contributed by atoms with E-state index in [0.29, 0.717) is 5.69 Å². The molecule has 0 spiro atoms. The Bertz CT molecular complexity index is 421. The topological polar surface area (TPSA) is 30.0 Å². The molecule has 0 fully saturated rings. The molecular formula is C8H4ClNOS2. The highest BCUT2D eigenvalue weighted by Gasteiger charge is 2.09. The molecule has 0 aliphatic carbocycles. The number of carbonyl (C=O) groups is 1. The van der Waals surface area contributed by atoms with E-state index in [9.17, 15) is 4.79 Å². The van der Waals surface area contributed by atoms with Gasteiger partial charge in [0.1, 0.15) is 10.7 Å². The molecule has 0 amide bonds. The van der Waals surface area contributed by atoms with E-state index in [1.165, 1.54) is 11.3 Å². The van der Waals surface area contributed by atoms with E-state index in [1.54, 1.807) is 16.7 Å². The number of aromatic nitrogens is 1. The summed E-state index contributed by atoms with van der Waals surface area (Å²) >= 11 is 8.31. The van der Waals surface area contributed by atoms with Gasteiger partial charge in [-0.15, -0.1) is 22.7 Å². The van der Waals surface area contributed by atoms with E-state index in [2.05, 4.69) is 4.98 Å². The van der Waals surface area contributed by atoms with Crippen LogP contribution in [0.15, 0.2) is 22.9 Å². The van der Waals surface area contributed by atoms with Crippen molar-refractivity contribution in [3.8, 4) is 9.88 Å². The summed E-state index contributed by atoms with van der Waals surface area (Å²) in [7, 11) is 0. The smallest absolute Gasteiger partial charge is 0.271 e. The third-order valence-corrected chi connectivity index (χ3v) is 3.51. The lowest BCUT2D eigenvalue weighted by atomic mass is 10.5. The number of hydrogen-bond acceptors (Lipinski definition) is 4. The molecule has 5 heteroatoms. The zero-order valence-electron chi connectivity index (χ0n) is 6.36. The van der Waals surface area contributed by atoms with E-state index in [-0.39, 0.29) is 0 Å². The number of thiazole rings is 1. The Labute approximate surface area is 87.8 Å². The maximum absolute atomic E-state index is 10.7. The zero-order valence-corrected chi connectivity index (χ0v) is 8.75. The van der Waals surface area contributed by atoms with Gasteiger partial charge in [0.15, 0.2) is 0 Å². The fourth-order valence-electron chi connectivity index (χ4n) is 0.877. The molecule has 2 aromatic heterocycles. The van der Waals surface area contributed by atoms with Crippen molar-refractivity contribution in [1.82, 2.24) is 4.98 Å². The lowest BCUT2D eigenvalue weighted by Gasteiger charge is -1.85. The lowest BCUT2D eigenvalue weighted by Crippen LogP contribution is -1.87. The van der Waals surface area contributed by atoms with Gasteiger partial charge in [-0.25, -0.2) is 4.98 Å². The summed E-state index contributed by atoms with van der Waals surface area (Å²) in [5.74, 6) is 0. The summed E-state index contributed by atoms with van der Waals surface area (Å²) in [6.45, 7) is 0. The van der Waals surface area contributed by atoms with Crippen molar-refractivity contribution in [1.29, 1.82) is 0 Å². The Hall–Kier alpha value is -0.710. The van der Waals surface area contributed by atoms with Gasteiger partial charge in [0.25, 0.3) is 5.24 Å². The molecule has 0 unspecified atom stereocenters. The van der Waals surface area contributed by atoms with Crippen molar-refractivity contribution in [2.24, 2.45) is 0 Å². The summed E-state index contributed by atoms with van der Waals surface area (Å²) in [6, 6.07) is 3.91. The lowest BCUT2D eigenvalue weighted by molar-refractivity contribution is 0.107. The predicted molar refractivity (Wildman–Crippen MR) is 55.6 cm³/mol. The minimum atomic E-state index is -0.501. The minimum Gasteiger partial charge on any atom is -0.274 e. The molecule has 2 rings (SSSR count). The highest BCUT2D eigenvalue weighted by molar-refractivity contribution is 7.20. The Balaban J connectivity index is 2.39. The van der Waals surface area contributed by atoms with Gasteiger partial charge in [-0.05, 0) is 23.0 Å².